The van der Waals surface area contributed by atoms with Crippen molar-refractivity contribution in [1.29, 1.82) is 0 Å². The molecule has 1 fully saturated rings. The third kappa shape index (κ3) is 5.56. The molecule has 2 heterocycles. The van der Waals surface area contributed by atoms with Crippen LogP contribution in [-0.2, 0) is 4.74 Å². The summed E-state index contributed by atoms with van der Waals surface area (Å²) in [6, 6.07) is 0. The maximum atomic E-state index is 9.38. The van der Waals surface area contributed by atoms with Crippen LogP contribution in [0.3, 0.4) is 0 Å². The van der Waals surface area contributed by atoms with E-state index in [9.17, 15) is 4.79 Å². The van der Waals surface area contributed by atoms with Gasteiger partial charge in [-0.3, -0.25) is 4.99 Å². The molecule has 2 aliphatic heterocycles. The molecule has 0 aliphatic carbocycles. The van der Waals surface area contributed by atoms with Crippen LogP contribution in [-0.4, -0.2) is 48.2 Å². The van der Waals surface area contributed by atoms with E-state index in [2.05, 4.69) is 14.6 Å². The summed E-state index contributed by atoms with van der Waals surface area (Å²) in [6.07, 6.45) is 5.42. The van der Waals surface area contributed by atoms with Gasteiger partial charge in [-0.05, 0) is 26.2 Å². The molecule has 17 heavy (non-hydrogen) atoms. The van der Waals surface area contributed by atoms with Gasteiger partial charge in [-0.2, -0.15) is 0 Å². The van der Waals surface area contributed by atoms with Crippen molar-refractivity contribution in [3.63, 3.8) is 0 Å². The highest BCUT2D eigenvalue weighted by Crippen LogP contribution is 2.15. The molecule has 1 saturated heterocycles. The van der Waals surface area contributed by atoms with Gasteiger partial charge in [-0.15, -0.1) is 0 Å². The Morgan fingerprint density at radius 1 is 1.35 bits per heavy atom. The van der Waals surface area contributed by atoms with Crippen molar-refractivity contribution in [3.8, 4) is 0 Å². The summed E-state index contributed by atoms with van der Waals surface area (Å²) in [5.41, 5.74) is 0. The molecule has 0 spiro atoms. The van der Waals surface area contributed by atoms with Gasteiger partial charge in [0.2, 0.25) is 0 Å². The van der Waals surface area contributed by atoms with Crippen molar-refractivity contribution in [1.82, 2.24) is 4.90 Å². The van der Waals surface area contributed by atoms with Crippen LogP contribution in [0.1, 0.15) is 39.0 Å². The summed E-state index contributed by atoms with van der Waals surface area (Å²) in [5, 5.41) is 7.69. The molecule has 0 aromatic rings. The number of rotatable bonds is 1. The zero-order valence-electron chi connectivity index (χ0n) is 10.5. The van der Waals surface area contributed by atoms with Crippen molar-refractivity contribution in [2.45, 2.75) is 39.0 Å². The quantitative estimate of drug-likeness (QED) is 0.717. The zero-order chi connectivity index (χ0) is 12.5. The first kappa shape index (κ1) is 13.8. The maximum Gasteiger partial charge on any atom is 0.505 e. The van der Waals surface area contributed by atoms with Crippen LogP contribution in [0.15, 0.2) is 4.99 Å². The standard InChI is InChI=1S/C9H16N2.C3H6O3/c1-2-5-9-10-6-4-8-11(9)7-3-1;1-2-6-3(4)5/h1-8H2;2H2,1H3,(H,4,5). The van der Waals surface area contributed by atoms with Gasteiger partial charge in [-0.25, -0.2) is 4.79 Å². The predicted molar refractivity (Wildman–Crippen MR) is 66.6 cm³/mol. The number of hydrogen-bond donors (Lipinski definition) is 1. The molecular weight excluding hydrogens is 220 g/mol. The number of aliphatic imine (C=N–C) groups is 1. The van der Waals surface area contributed by atoms with Crippen LogP contribution in [0.5, 0.6) is 0 Å². The molecule has 0 unspecified atom stereocenters. The van der Waals surface area contributed by atoms with Crippen LogP contribution in [0.2, 0.25) is 0 Å². The van der Waals surface area contributed by atoms with E-state index in [-0.39, 0.29) is 6.61 Å². The zero-order valence-corrected chi connectivity index (χ0v) is 10.5. The minimum absolute atomic E-state index is 0.231. The molecule has 0 bridgehead atoms. The predicted octanol–water partition coefficient (Wildman–Crippen LogP) is 2.37. The third-order valence-electron chi connectivity index (χ3n) is 2.84. The van der Waals surface area contributed by atoms with Gasteiger partial charge in [0, 0.05) is 26.1 Å². The average molecular weight is 242 g/mol. The topological polar surface area (TPSA) is 62.1 Å². The van der Waals surface area contributed by atoms with Gasteiger partial charge < -0.3 is 14.7 Å². The maximum absolute atomic E-state index is 9.38. The van der Waals surface area contributed by atoms with Gasteiger partial charge >= 0.3 is 6.16 Å². The van der Waals surface area contributed by atoms with Gasteiger partial charge in [0.1, 0.15) is 0 Å². The Hall–Kier alpha value is -1.26. The lowest BCUT2D eigenvalue weighted by atomic mass is 10.2. The number of amidine groups is 1. The highest BCUT2D eigenvalue weighted by atomic mass is 16.7. The molecule has 0 amide bonds. The molecule has 2 aliphatic rings. The Bertz CT molecular complexity index is 266. The lowest BCUT2D eigenvalue weighted by Gasteiger charge is -2.27. The number of carboxylic acid groups (broad SMARTS) is 1. The van der Waals surface area contributed by atoms with E-state index in [1.165, 1.54) is 51.0 Å². The highest BCUT2D eigenvalue weighted by Gasteiger charge is 2.16. The van der Waals surface area contributed by atoms with Crippen LogP contribution in [0.4, 0.5) is 4.79 Å². The SMILES string of the molecule is C1CCC2=NCCCN2CC1.CCOC(=O)O. The van der Waals surface area contributed by atoms with Crippen molar-refractivity contribution in [2.24, 2.45) is 4.99 Å². The Morgan fingerprint density at radius 2 is 2.12 bits per heavy atom. The number of ether oxygens (including phenoxy) is 1. The first-order chi connectivity index (χ1) is 8.24. The summed E-state index contributed by atoms with van der Waals surface area (Å²) in [6.45, 7) is 5.45. The van der Waals surface area contributed by atoms with Crippen LogP contribution >= 0.6 is 0 Å². The van der Waals surface area contributed by atoms with Gasteiger partial charge in [0.15, 0.2) is 0 Å². The number of nitrogens with zero attached hydrogens (tertiary/aromatic N) is 2. The molecule has 2 rings (SSSR count). The van der Waals surface area contributed by atoms with Gasteiger partial charge in [0.05, 0.1) is 12.4 Å². The minimum Gasteiger partial charge on any atom is -0.450 e. The molecule has 0 saturated carbocycles. The first-order valence-electron chi connectivity index (χ1n) is 6.38. The lowest BCUT2D eigenvalue weighted by Crippen LogP contribution is -2.34. The fourth-order valence-electron chi connectivity index (χ4n) is 2.06. The molecule has 0 aromatic heterocycles. The average Bonchev–Trinajstić information content (AvgIpc) is 2.54. The molecule has 5 heteroatoms. The summed E-state index contributed by atoms with van der Waals surface area (Å²) in [5.74, 6) is 1.40. The third-order valence-corrected chi connectivity index (χ3v) is 2.84. The second kappa shape index (κ2) is 7.92. The van der Waals surface area contributed by atoms with E-state index in [4.69, 9.17) is 5.11 Å². The summed E-state index contributed by atoms with van der Waals surface area (Å²) in [4.78, 5) is 16.4. The lowest BCUT2D eigenvalue weighted by molar-refractivity contribution is 0.0966. The minimum atomic E-state index is -1.21. The van der Waals surface area contributed by atoms with Crippen molar-refractivity contribution >= 4 is 12.0 Å². The summed E-state index contributed by atoms with van der Waals surface area (Å²) >= 11 is 0. The monoisotopic (exact) mass is 242 g/mol. The normalized spacial score (nSPS) is 19.1. The smallest absolute Gasteiger partial charge is 0.450 e. The van der Waals surface area contributed by atoms with Crippen LogP contribution in [0.25, 0.3) is 0 Å². The van der Waals surface area contributed by atoms with Gasteiger partial charge in [-0.1, -0.05) is 6.42 Å². The summed E-state index contributed by atoms with van der Waals surface area (Å²) < 4.78 is 3.96. The fraction of sp³-hybridized carbons (Fsp3) is 0.833. The van der Waals surface area contributed by atoms with Crippen molar-refractivity contribution in [3.05, 3.63) is 0 Å². The fourth-order valence-corrected chi connectivity index (χ4v) is 2.06. The highest BCUT2D eigenvalue weighted by molar-refractivity contribution is 5.83. The summed E-state index contributed by atoms with van der Waals surface area (Å²) in [7, 11) is 0. The first-order valence-corrected chi connectivity index (χ1v) is 6.38. The van der Waals surface area contributed by atoms with E-state index in [1.54, 1.807) is 6.92 Å². The van der Waals surface area contributed by atoms with Crippen LogP contribution < -0.4 is 0 Å². The Kier molecular flexibility index (Phi) is 6.43. The Labute approximate surface area is 102 Å². The van der Waals surface area contributed by atoms with E-state index in [0.717, 1.165) is 6.54 Å². The number of fused-ring (bicyclic) bond motifs is 1. The van der Waals surface area contributed by atoms with E-state index in [1.807, 2.05) is 0 Å². The molecule has 0 atom stereocenters. The largest absolute Gasteiger partial charge is 0.505 e. The van der Waals surface area contributed by atoms with Gasteiger partial charge in [0.25, 0.3) is 0 Å². The second-order valence-electron chi connectivity index (χ2n) is 4.15. The second-order valence-corrected chi connectivity index (χ2v) is 4.15. The van der Waals surface area contributed by atoms with E-state index in [0.29, 0.717) is 0 Å². The van der Waals surface area contributed by atoms with Crippen molar-refractivity contribution < 1.29 is 14.6 Å². The Morgan fingerprint density at radius 3 is 2.76 bits per heavy atom. The van der Waals surface area contributed by atoms with E-state index < -0.39 is 6.16 Å². The molecule has 1 N–H and O–H groups in total. The molecule has 5 nitrogen and oxygen atoms in total. The number of carbonyl (C=O) groups is 1. The molecular formula is C12H22N2O3. The molecule has 0 radical (unpaired) electrons. The van der Waals surface area contributed by atoms with Crippen LogP contribution in [0, 0.1) is 0 Å². The van der Waals surface area contributed by atoms with E-state index >= 15 is 0 Å². The molecule has 0 aromatic carbocycles. The number of hydrogen-bond acceptors (Lipinski definition) is 4. The van der Waals surface area contributed by atoms with Crippen molar-refractivity contribution in [2.75, 3.05) is 26.2 Å². The molecule has 98 valence electrons. The Balaban J connectivity index is 0.000000209.